The molecule has 0 fully saturated rings. The predicted molar refractivity (Wildman–Crippen MR) is 83.7 cm³/mol. The van der Waals surface area contributed by atoms with E-state index in [1.165, 1.54) is 0 Å². The van der Waals surface area contributed by atoms with E-state index in [0.29, 0.717) is 23.7 Å². The Morgan fingerprint density at radius 1 is 1.00 bits per heavy atom. The molecule has 4 heteroatoms. The lowest BCUT2D eigenvalue weighted by Crippen LogP contribution is -2.24. The van der Waals surface area contributed by atoms with Crippen molar-refractivity contribution in [2.24, 2.45) is 11.8 Å². The average Bonchev–Trinajstić information content (AvgIpc) is 2.37. The second kappa shape index (κ2) is 9.37. The zero-order chi connectivity index (χ0) is 16.6. The standard InChI is InChI=1S/C17H28O4/c1-11(2)16(18)20-9-8-13(5)10-14(6)15(7)21-17(19)12(3)4/h13-15H,1,3,8-10H2,2,4-7H3. The number of carbonyl (C=O) groups is 2. The molecule has 3 atom stereocenters. The predicted octanol–water partition coefficient (Wildman–Crippen LogP) is 3.67. The van der Waals surface area contributed by atoms with Crippen LogP contribution in [-0.4, -0.2) is 24.6 Å². The van der Waals surface area contributed by atoms with E-state index >= 15 is 0 Å². The van der Waals surface area contributed by atoms with Crippen LogP contribution in [-0.2, 0) is 19.1 Å². The van der Waals surface area contributed by atoms with Gasteiger partial charge in [0.25, 0.3) is 0 Å². The lowest BCUT2D eigenvalue weighted by Gasteiger charge is -2.23. The summed E-state index contributed by atoms with van der Waals surface area (Å²) in [6.07, 6.45) is 1.52. The maximum atomic E-state index is 11.5. The van der Waals surface area contributed by atoms with Crippen LogP contribution < -0.4 is 0 Å². The zero-order valence-electron chi connectivity index (χ0n) is 13.9. The van der Waals surface area contributed by atoms with Gasteiger partial charge in [-0.15, -0.1) is 0 Å². The normalized spacial score (nSPS) is 14.7. The Morgan fingerprint density at radius 3 is 2.00 bits per heavy atom. The maximum absolute atomic E-state index is 11.5. The number of hydrogen-bond donors (Lipinski definition) is 0. The van der Waals surface area contributed by atoms with Crippen LogP contribution in [0.4, 0.5) is 0 Å². The van der Waals surface area contributed by atoms with Crippen molar-refractivity contribution in [2.45, 2.75) is 53.6 Å². The van der Waals surface area contributed by atoms with E-state index in [1.54, 1.807) is 13.8 Å². The number of ether oxygens (including phenoxy) is 2. The van der Waals surface area contributed by atoms with Crippen molar-refractivity contribution in [1.29, 1.82) is 0 Å². The maximum Gasteiger partial charge on any atom is 0.333 e. The number of carbonyl (C=O) groups excluding carboxylic acids is 2. The highest BCUT2D eigenvalue weighted by atomic mass is 16.5. The molecule has 3 unspecified atom stereocenters. The van der Waals surface area contributed by atoms with E-state index in [1.807, 2.05) is 13.8 Å². The van der Waals surface area contributed by atoms with Gasteiger partial charge in [-0.2, -0.15) is 0 Å². The minimum atomic E-state index is -0.350. The summed E-state index contributed by atoms with van der Waals surface area (Å²) < 4.78 is 10.4. The van der Waals surface area contributed by atoms with E-state index in [4.69, 9.17) is 9.47 Å². The first kappa shape index (κ1) is 19.4. The van der Waals surface area contributed by atoms with Gasteiger partial charge in [-0.1, -0.05) is 27.0 Å². The minimum Gasteiger partial charge on any atom is -0.462 e. The molecule has 0 saturated heterocycles. The average molecular weight is 296 g/mol. The summed E-state index contributed by atoms with van der Waals surface area (Å²) in [6.45, 7) is 16.8. The van der Waals surface area contributed by atoms with Crippen molar-refractivity contribution < 1.29 is 19.1 Å². The summed E-state index contributed by atoms with van der Waals surface area (Å²) in [7, 11) is 0. The van der Waals surface area contributed by atoms with Crippen LogP contribution in [0.1, 0.15) is 47.5 Å². The van der Waals surface area contributed by atoms with Crippen LogP contribution in [0.25, 0.3) is 0 Å². The summed E-state index contributed by atoms with van der Waals surface area (Å²) >= 11 is 0. The van der Waals surface area contributed by atoms with Crippen LogP contribution >= 0.6 is 0 Å². The smallest absolute Gasteiger partial charge is 0.333 e. The molecular formula is C17H28O4. The Balaban J connectivity index is 4.05. The highest BCUT2D eigenvalue weighted by molar-refractivity contribution is 5.87. The molecule has 21 heavy (non-hydrogen) atoms. The van der Waals surface area contributed by atoms with Crippen LogP contribution in [0, 0.1) is 11.8 Å². The fourth-order valence-electron chi connectivity index (χ4n) is 1.81. The molecule has 0 radical (unpaired) electrons. The van der Waals surface area contributed by atoms with Crippen LogP contribution in [0.2, 0.25) is 0 Å². The highest BCUT2D eigenvalue weighted by Gasteiger charge is 2.19. The Morgan fingerprint density at radius 2 is 1.52 bits per heavy atom. The first-order valence-electron chi connectivity index (χ1n) is 7.34. The molecule has 0 aliphatic rings. The molecule has 0 spiro atoms. The lowest BCUT2D eigenvalue weighted by atomic mass is 9.91. The Bertz CT molecular complexity index is 398. The van der Waals surface area contributed by atoms with E-state index in [9.17, 15) is 9.59 Å². The molecule has 0 bridgehead atoms. The molecule has 0 N–H and O–H groups in total. The molecular weight excluding hydrogens is 268 g/mol. The molecule has 0 aliphatic heterocycles. The molecule has 0 aliphatic carbocycles. The van der Waals surface area contributed by atoms with Gasteiger partial charge in [0.15, 0.2) is 0 Å². The number of esters is 2. The fraction of sp³-hybridized carbons (Fsp3) is 0.647. The van der Waals surface area contributed by atoms with Crippen molar-refractivity contribution >= 4 is 11.9 Å². The summed E-state index contributed by atoms with van der Waals surface area (Å²) in [5, 5.41) is 0. The van der Waals surface area contributed by atoms with Crippen molar-refractivity contribution in [2.75, 3.05) is 6.61 Å². The molecule has 0 amide bonds. The van der Waals surface area contributed by atoms with Crippen LogP contribution in [0.3, 0.4) is 0 Å². The van der Waals surface area contributed by atoms with Gasteiger partial charge >= 0.3 is 11.9 Å². The van der Waals surface area contributed by atoms with Gasteiger partial charge in [-0.05, 0) is 45.4 Å². The Labute approximate surface area is 128 Å². The largest absolute Gasteiger partial charge is 0.462 e. The summed E-state index contributed by atoms with van der Waals surface area (Å²) in [5.41, 5.74) is 0.824. The molecule has 0 rings (SSSR count). The third-order valence-corrected chi connectivity index (χ3v) is 3.41. The van der Waals surface area contributed by atoms with E-state index in [2.05, 4.69) is 20.1 Å². The number of rotatable bonds is 9. The number of hydrogen-bond acceptors (Lipinski definition) is 4. The van der Waals surface area contributed by atoms with Gasteiger partial charge in [-0.25, -0.2) is 9.59 Å². The molecule has 120 valence electrons. The summed E-state index contributed by atoms with van der Waals surface area (Å²) in [4.78, 5) is 22.7. The molecule has 0 saturated carbocycles. The summed E-state index contributed by atoms with van der Waals surface area (Å²) in [5.74, 6) is -0.0829. The van der Waals surface area contributed by atoms with Crippen molar-refractivity contribution in [3.63, 3.8) is 0 Å². The van der Waals surface area contributed by atoms with Gasteiger partial charge in [0.05, 0.1) is 6.61 Å². The van der Waals surface area contributed by atoms with E-state index in [-0.39, 0.29) is 24.0 Å². The fourth-order valence-corrected chi connectivity index (χ4v) is 1.81. The third-order valence-electron chi connectivity index (χ3n) is 3.41. The molecule has 0 heterocycles. The van der Waals surface area contributed by atoms with Crippen molar-refractivity contribution in [3.05, 3.63) is 24.3 Å². The monoisotopic (exact) mass is 296 g/mol. The lowest BCUT2D eigenvalue weighted by molar-refractivity contribution is -0.146. The Hall–Kier alpha value is -1.58. The Kier molecular flexibility index (Phi) is 8.67. The van der Waals surface area contributed by atoms with E-state index < -0.39 is 0 Å². The SMILES string of the molecule is C=C(C)C(=O)OCCC(C)CC(C)C(C)OC(=O)C(=C)C. The van der Waals surface area contributed by atoms with Crippen LogP contribution in [0.15, 0.2) is 24.3 Å². The topological polar surface area (TPSA) is 52.6 Å². The summed E-state index contributed by atoms with van der Waals surface area (Å²) in [6, 6.07) is 0. The molecule has 4 nitrogen and oxygen atoms in total. The highest BCUT2D eigenvalue weighted by Crippen LogP contribution is 2.20. The van der Waals surface area contributed by atoms with Gasteiger partial charge in [0.2, 0.25) is 0 Å². The molecule has 0 aromatic heterocycles. The van der Waals surface area contributed by atoms with Crippen molar-refractivity contribution in [3.8, 4) is 0 Å². The first-order valence-corrected chi connectivity index (χ1v) is 7.34. The van der Waals surface area contributed by atoms with Crippen LogP contribution in [0.5, 0.6) is 0 Å². The third kappa shape index (κ3) is 8.33. The first-order chi connectivity index (χ1) is 9.65. The van der Waals surface area contributed by atoms with Gasteiger partial charge in [0, 0.05) is 11.1 Å². The van der Waals surface area contributed by atoms with E-state index in [0.717, 1.165) is 12.8 Å². The second-order valence-corrected chi connectivity index (χ2v) is 5.91. The molecule has 0 aromatic carbocycles. The second-order valence-electron chi connectivity index (χ2n) is 5.91. The van der Waals surface area contributed by atoms with Gasteiger partial charge in [-0.3, -0.25) is 0 Å². The molecule has 0 aromatic rings. The minimum absolute atomic E-state index is 0.158. The zero-order valence-corrected chi connectivity index (χ0v) is 13.9. The van der Waals surface area contributed by atoms with Gasteiger partial charge < -0.3 is 9.47 Å². The van der Waals surface area contributed by atoms with Crippen molar-refractivity contribution in [1.82, 2.24) is 0 Å². The van der Waals surface area contributed by atoms with Gasteiger partial charge in [0.1, 0.15) is 6.10 Å². The quantitative estimate of drug-likeness (QED) is 0.481.